The zero-order valence-electron chi connectivity index (χ0n) is 10.9. The maximum absolute atomic E-state index is 11.3. The Labute approximate surface area is 116 Å². The van der Waals surface area contributed by atoms with Gasteiger partial charge in [-0.05, 0) is 25.1 Å². The van der Waals surface area contributed by atoms with Crippen LogP contribution in [0.15, 0.2) is 23.1 Å². The smallest absolute Gasteiger partial charge is 0.293 e. The van der Waals surface area contributed by atoms with Gasteiger partial charge in [0.05, 0.1) is 9.82 Å². The molecule has 0 amide bonds. The Balaban J connectivity index is 2.45. The second-order valence-corrected chi connectivity index (χ2v) is 6.27. The average Bonchev–Trinajstić information content (AvgIpc) is 2.89. The van der Waals surface area contributed by atoms with Gasteiger partial charge in [-0.3, -0.25) is 10.1 Å². The molecule has 0 bridgehead atoms. The quantitative estimate of drug-likeness (QED) is 0.598. The van der Waals surface area contributed by atoms with Gasteiger partial charge in [0.2, 0.25) is 10.0 Å². The number of benzene rings is 1. The van der Waals surface area contributed by atoms with E-state index in [-0.39, 0.29) is 16.6 Å². The number of nitro benzene ring substituents is 1. The highest BCUT2D eigenvalue weighted by atomic mass is 32.2. The van der Waals surface area contributed by atoms with Crippen LogP contribution in [0.5, 0.6) is 0 Å². The molecule has 1 unspecified atom stereocenters. The normalized spacial score (nSPS) is 19.0. The molecule has 1 aliphatic heterocycles. The third kappa shape index (κ3) is 2.89. The molecule has 1 fully saturated rings. The number of likely N-dealkylation sites (N-methyl/N-ethyl adjacent to an activating group) is 1. The molecule has 1 heterocycles. The molecular formula is C11H16N4O4S. The van der Waals surface area contributed by atoms with E-state index in [0.717, 1.165) is 25.6 Å². The lowest BCUT2D eigenvalue weighted by molar-refractivity contribution is -0.384. The van der Waals surface area contributed by atoms with E-state index in [1.807, 2.05) is 0 Å². The highest BCUT2D eigenvalue weighted by Gasteiger charge is 2.26. The summed E-state index contributed by atoms with van der Waals surface area (Å²) in [5.74, 6) is 0. The van der Waals surface area contributed by atoms with Gasteiger partial charge >= 0.3 is 0 Å². The molecule has 3 N–H and O–H groups in total. The minimum atomic E-state index is -3.96. The maximum Gasteiger partial charge on any atom is 0.293 e. The van der Waals surface area contributed by atoms with Crippen molar-refractivity contribution in [3.05, 3.63) is 28.3 Å². The van der Waals surface area contributed by atoms with E-state index in [1.54, 1.807) is 11.9 Å². The number of nitrogens with one attached hydrogen (secondary N) is 1. The predicted molar refractivity (Wildman–Crippen MR) is 74.1 cm³/mol. The van der Waals surface area contributed by atoms with Crippen molar-refractivity contribution in [2.45, 2.75) is 17.4 Å². The van der Waals surface area contributed by atoms with E-state index in [4.69, 9.17) is 5.14 Å². The van der Waals surface area contributed by atoms with E-state index < -0.39 is 14.9 Å². The van der Waals surface area contributed by atoms with E-state index in [9.17, 15) is 18.5 Å². The maximum atomic E-state index is 11.3. The second-order valence-electron chi connectivity index (χ2n) is 4.71. The van der Waals surface area contributed by atoms with Crippen LogP contribution in [0.4, 0.5) is 11.4 Å². The fraction of sp³-hybridized carbons (Fsp3) is 0.455. The third-order valence-electron chi connectivity index (χ3n) is 3.43. The SMILES string of the molecule is CN(c1ccc(S(N)(=O)=O)cc1[N+](=O)[O-])C1CCNC1. The number of nitrogens with zero attached hydrogens (tertiary/aromatic N) is 2. The molecule has 9 heteroatoms. The molecule has 1 atom stereocenters. The van der Waals surface area contributed by atoms with Crippen molar-refractivity contribution in [2.24, 2.45) is 5.14 Å². The number of nitrogens with two attached hydrogens (primary N) is 1. The van der Waals surface area contributed by atoms with Crippen LogP contribution in [0.25, 0.3) is 0 Å². The largest absolute Gasteiger partial charge is 0.365 e. The Bertz CT molecular complexity index is 625. The van der Waals surface area contributed by atoms with Crippen molar-refractivity contribution >= 4 is 21.4 Å². The number of hydrogen-bond donors (Lipinski definition) is 2. The average molecular weight is 300 g/mol. The standard InChI is InChI=1S/C11H16N4O4S/c1-14(8-4-5-13-7-8)10-3-2-9(20(12,18)19)6-11(10)15(16)17/h2-3,6,8,13H,4-5,7H2,1H3,(H2,12,18,19). The summed E-state index contributed by atoms with van der Waals surface area (Å²) in [5, 5.41) is 19.3. The monoisotopic (exact) mass is 300 g/mol. The van der Waals surface area contributed by atoms with Crippen LogP contribution < -0.4 is 15.4 Å². The van der Waals surface area contributed by atoms with Crippen molar-refractivity contribution in [1.82, 2.24) is 5.32 Å². The molecule has 1 aliphatic rings. The van der Waals surface area contributed by atoms with E-state index >= 15 is 0 Å². The predicted octanol–water partition coefficient (Wildman–Crippen LogP) is 0.0403. The fourth-order valence-corrected chi connectivity index (χ4v) is 2.83. The number of anilines is 1. The highest BCUT2D eigenvalue weighted by molar-refractivity contribution is 7.89. The summed E-state index contributed by atoms with van der Waals surface area (Å²) < 4.78 is 22.6. The van der Waals surface area contributed by atoms with Gasteiger partial charge in [0, 0.05) is 25.7 Å². The van der Waals surface area contributed by atoms with Gasteiger partial charge in [0.25, 0.3) is 5.69 Å². The molecule has 2 rings (SSSR count). The lowest BCUT2D eigenvalue weighted by Crippen LogP contribution is -2.33. The summed E-state index contributed by atoms with van der Waals surface area (Å²) in [6.07, 6.45) is 0.880. The summed E-state index contributed by atoms with van der Waals surface area (Å²) in [6.45, 7) is 1.60. The Kier molecular flexibility index (Phi) is 3.93. The third-order valence-corrected chi connectivity index (χ3v) is 4.35. The van der Waals surface area contributed by atoms with Gasteiger partial charge < -0.3 is 10.2 Å². The number of hydrogen-bond acceptors (Lipinski definition) is 6. The van der Waals surface area contributed by atoms with Gasteiger partial charge in [-0.1, -0.05) is 0 Å². The molecule has 1 aromatic carbocycles. The van der Waals surface area contributed by atoms with Gasteiger partial charge in [0.1, 0.15) is 5.69 Å². The number of primary sulfonamides is 1. The molecule has 0 aromatic heterocycles. The minimum Gasteiger partial charge on any atom is -0.365 e. The number of rotatable bonds is 4. The van der Waals surface area contributed by atoms with Gasteiger partial charge in [-0.2, -0.15) is 0 Å². The molecule has 0 radical (unpaired) electrons. The van der Waals surface area contributed by atoms with E-state index in [2.05, 4.69) is 5.32 Å². The molecule has 110 valence electrons. The van der Waals surface area contributed by atoms with Crippen LogP contribution in [0.3, 0.4) is 0 Å². The molecular weight excluding hydrogens is 284 g/mol. The van der Waals surface area contributed by atoms with Crippen molar-refractivity contribution < 1.29 is 13.3 Å². The zero-order valence-corrected chi connectivity index (χ0v) is 11.8. The summed E-state index contributed by atoms with van der Waals surface area (Å²) in [6, 6.07) is 3.87. The van der Waals surface area contributed by atoms with Crippen LogP contribution in [0, 0.1) is 10.1 Å². The van der Waals surface area contributed by atoms with Crippen LogP contribution in [-0.4, -0.2) is 39.5 Å². The molecule has 0 spiro atoms. The van der Waals surface area contributed by atoms with E-state index in [0.29, 0.717) is 5.69 Å². The summed E-state index contributed by atoms with van der Waals surface area (Å²) >= 11 is 0. The van der Waals surface area contributed by atoms with Crippen molar-refractivity contribution in [1.29, 1.82) is 0 Å². The highest BCUT2D eigenvalue weighted by Crippen LogP contribution is 2.31. The van der Waals surface area contributed by atoms with Crippen molar-refractivity contribution in [3.63, 3.8) is 0 Å². The van der Waals surface area contributed by atoms with Gasteiger partial charge in [-0.25, -0.2) is 13.6 Å². The molecule has 8 nitrogen and oxygen atoms in total. The molecule has 0 saturated carbocycles. The van der Waals surface area contributed by atoms with Crippen molar-refractivity contribution in [2.75, 3.05) is 25.0 Å². The van der Waals surface area contributed by atoms with E-state index in [1.165, 1.54) is 12.1 Å². The molecule has 0 aliphatic carbocycles. The Hall–Kier alpha value is -1.71. The number of nitro groups is 1. The fourth-order valence-electron chi connectivity index (χ4n) is 2.29. The summed E-state index contributed by atoms with van der Waals surface area (Å²) in [7, 11) is -2.20. The first-order valence-corrected chi connectivity index (χ1v) is 7.60. The van der Waals surface area contributed by atoms with Gasteiger partial charge in [-0.15, -0.1) is 0 Å². The van der Waals surface area contributed by atoms with Crippen LogP contribution in [0.2, 0.25) is 0 Å². The first-order chi connectivity index (χ1) is 9.30. The number of sulfonamides is 1. The topological polar surface area (TPSA) is 119 Å². The lowest BCUT2D eigenvalue weighted by Gasteiger charge is -2.25. The first kappa shape index (κ1) is 14.7. The molecule has 20 heavy (non-hydrogen) atoms. The minimum absolute atomic E-state index is 0.147. The van der Waals surface area contributed by atoms with Gasteiger partial charge in [0.15, 0.2) is 0 Å². The second kappa shape index (κ2) is 5.35. The Morgan fingerprint density at radius 1 is 1.50 bits per heavy atom. The lowest BCUT2D eigenvalue weighted by atomic mass is 10.2. The zero-order chi connectivity index (χ0) is 14.9. The van der Waals surface area contributed by atoms with Crippen LogP contribution >= 0.6 is 0 Å². The Morgan fingerprint density at radius 2 is 2.20 bits per heavy atom. The molecule has 1 aromatic rings. The summed E-state index contributed by atoms with van der Waals surface area (Å²) in [5.41, 5.74) is 0.127. The van der Waals surface area contributed by atoms with Crippen molar-refractivity contribution in [3.8, 4) is 0 Å². The van der Waals surface area contributed by atoms with Crippen LogP contribution in [0.1, 0.15) is 6.42 Å². The molecule has 1 saturated heterocycles. The summed E-state index contributed by atoms with van der Waals surface area (Å²) in [4.78, 5) is 12.1. The Morgan fingerprint density at radius 3 is 2.70 bits per heavy atom. The van der Waals surface area contributed by atoms with Crippen LogP contribution in [-0.2, 0) is 10.0 Å². The first-order valence-electron chi connectivity index (χ1n) is 6.05.